The van der Waals surface area contributed by atoms with Crippen LogP contribution in [-0.4, -0.2) is 30.2 Å². The number of fused-ring (bicyclic) bond motifs is 1. The van der Waals surface area contributed by atoms with Gasteiger partial charge in [-0.2, -0.15) is 0 Å². The first-order valence-corrected chi connectivity index (χ1v) is 9.69. The third-order valence-corrected chi connectivity index (χ3v) is 5.44. The summed E-state index contributed by atoms with van der Waals surface area (Å²) in [5.74, 6) is 1.00. The SMILES string of the molecule is CC1CCCCN1Cc1ccc(CNC(=O)c2cccc3c2OCO3)cc1. The summed E-state index contributed by atoms with van der Waals surface area (Å²) in [5, 5.41) is 2.97. The molecule has 0 radical (unpaired) electrons. The molecule has 5 nitrogen and oxygen atoms in total. The molecule has 27 heavy (non-hydrogen) atoms. The topological polar surface area (TPSA) is 50.8 Å². The predicted octanol–water partition coefficient (Wildman–Crippen LogP) is 3.72. The van der Waals surface area contributed by atoms with Crippen molar-refractivity contribution in [2.45, 2.75) is 45.3 Å². The molecule has 2 aliphatic heterocycles. The fraction of sp³-hybridized carbons (Fsp3) is 0.409. The molecule has 1 atom stereocenters. The summed E-state index contributed by atoms with van der Waals surface area (Å²) in [5.41, 5.74) is 2.93. The van der Waals surface area contributed by atoms with E-state index < -0.39 is 0 Å². The summed E-state index contributed by atoms with van der Waals surface area (Å²) in [7, 11) is 0. The maximum atomic E-state index is 12.5. The number of ether oxygens (including phenoxy) is 2. The minimum atomic E-state index is -0.149. The van der Waals surface area contributed by atoms with Crippen molar-refractivity contribution in [3.8, 4) is 11.5 Å². The average Bonchev–Trinajstić information content (AvgIpc) is 3.18. The third-order valence-electron chi connectivity index (χ3n) is 5.44. The van der Waals surface area contributed by atoms with Crippen molar-refractivity contribution in [1.82, 2.24) is 10.2 Å². The van der Waals surface area contributed by atoms with Gasteiger partial charge in [0.2, 0.25) is 6.79 Å². The maximum Gasteiger partial charge on any atom is 0.255 e. The molecule has 2 heterocycles. The lowest BCUT2D eigenvalue weighted by Crippen LogP contribution is -2.36. The zero-order valence-corrected chi connectivity index (χ0v) is 15.7. The molecule has 1 saturated heterocycles. The Labute approximate surface area is 160 Å². The Kier molecular flexibility index (Phi) is 5.30. The van der Waals surface area contributed by atoms with Crippen LogP contribution in [0, 0.1) is 0 Å². The van der Waals surface area contributed by atoms with Crippen LogP contribution in [0.1, 0.15) is 47.7 Å². The summed E-state index contributed by atoms with van der Waals surface area (Å²) >= 11 is 0. The van der Waals surface area contributed by atoms with Crippen molar-refractivity contribution in [2.75, 3.05) is 13.3 Å². The number of benzene rings is 2. The highest BCUT2D eigenvalue weighted by atomic mass is 16.7. The van der Waals surface area contributed by atoms with Crippen LogP contribution < -0.4 is 14.8 Å². The van der Waals surface area contributed by atoms with E-state index in [1.54, 1.807) is 18.2 Å². The molecular formula is C22H26N2O3. The number of rotatable bonds is 5. The highest BCUT2D eigenvalue weighted by molar-refractivity contribution is 5.97. The molecular weight excluding hydrogens is 340 g/mol. The van der Waals surface area contributed by atoms with Crippen LogP contribution in [0.3, 0.4) is 0 Å². The number of carbonyl (C=O) groups is 1. The third kappa shape index (κ3) is 4.08. The van der Waals surface area contributed by atoms with Crippen molar-refractivity contribution in [2.24, 2.45) is 0 Å². The normalized spacial score (nSPS) is 19.1. The molecule has 0 aliphatic carbocycles. The first-order valence-electron chi connectivity index (χ1n) is 9.69. The molecule has 2 aromatic rings. The highest BCUT2D eigenvalue weighted by Crippen LogP contribution is 2.35. The molecule has 0 bridgehead atoms. The van der Waals surface area contributed by atoms with Crippen LogP contribution in [0.4, 0.5) is 0 Å². The van der Waals surface area contributed by atoms with Crippen molar-refractivity contribution in [3.05, 3.63) is 59.2 Å². The second-order valence-electron chi connectivity index (χ2n) is 7.35. The van der Waals surface area contributed by atoms with Crippen LogP contribution in [0.5, 0.6) is 11.5 Å². The van der Waals surface area contributed by atoms with Crippen LogP contribution in [0.25, 0.3) is 0 Å². The van der Waals surface area contributed by atoms with Gasteiger partial charge in [0, 0.05) is 19.1 Å². The van der Waals surface area contributed by atoms with Gasteiger partial charge in [-0.25, -0.2) is 0 Å². The fourth-order valence-electron chi connectivity index (χ4n) is 3.78. The number of nitrogens with zero attached hydrogens (tertiary/aromatic N) is 1. The van der Waals surface area contributed by atoms with Gasteiger partial charge in [0.25, 0.3) is 5.91 Å². The lowest BCUT2D eigenvalue weighted by Gasteiger charge is -2.33. The van der Waals surface area contributed by atoms with E-state index in [4.69, 9.17) is 9.47 Å². The highest BCUT2D eigenvalue weighted by Gasteiger charge is 2.21. The minimum absolute atomic E-state index is 0.149. The Morgan fingerprint density at radius 1 is 1.11 bits per heavy atom. The van der Waals surface area contributed by atoms with Crippen LogP contribution >= 0.6 is 0 Å². The monoisotopic (exact) mass is 366 g/mol. The minimum Gasteiger partial charge on any atom is -0.454 e. The number of hydrogen-bond donors (Lipinski definition) is 1. The van der Waals surface area contributed by atoms with Gasteiger partial charge in [0.15, 0.2) is 11.5 Å². The van der Waals surface area contributed by atoms with Gasteiger partial charge in [-0.1, -0.05) is 36.8 Å². The van der Waals surface area contributed by atoms with Crippen molar-refractivity contribution < 1.29 is 14.3 Å². The molecule has 0 spiro atoms. The zero-order chi connectivity index (χ0) is 18.6. The second kappa shape index (κ2) is 8.01. The first-order chi connectivity index (χ1) is 13.2. The fourth-order valence-corrected chi connectivity index (χ4v) is 3.78. The molecule has 1 unspecified atom stereocenters. The molecule has 1 N–H and O–H groups in total. The Balaban J connectivity index is 1.34. The average molecular weight is 366 g/mol. The molecule has 0 saturated carbocycles. The summed E-state index contributed by atoms with van der Waals surface area (Å²) in [6.07, 6.45) is 3.94. The number of nitrogens with one attached hydrogen (secondary N) is 1. The van der Waals surface area contributed by atoms with E-state index in [0.29, 0.717) is 29.6 Å². The van der Waals surface area contributed by atoms with E-state index in [-0.39, 0.29) is 12.7 Å². The quantitative estimate of drug-likeness (QED) is 0.876. The first kappa shape index (κ1) is 17.9. The van der Waals surface area contributed by atoms with Gasteiger partial charge in [-0.15, -0.1) is 0 Å². The summed E-state index contributed by atoms with van der Waals surface area (Å²) in [6.45, 7) is 5.16. The molecule has 5 heteroatoms. The predicted molar refractivity (Wildman–Crippen MR) is 104 cm³/mol. The number of piperidine rings is 1. The van der Waals surface area contributed by atoms with Gasteiger partial charge in [0.05, 0.1) is 5.56 Å². The van der Waals surface area contributed by atoms with E-state index in [1.165, 1.54) is 31.4 Å². The lowest BCUT2D eigenvalue weighted by molar-refractivity contribution is 0.0946. The van der Waals surface area contributed by atoms with Crippen LogP contribution in [-0.2, 0) is 13.1 Å². The van der Waals surface area contributed by atoms with E-state index in [0.717, 1.165) is 12.1 Å². The summed E-state index contributed by atoms with van der Waals surface area (Å²) in [4.78, 5) is 15.0. The van der Waals surface area contributed by atoms with Gasteiger partial charge >= 0.3 is 0 Å². The van der Waals surface area contributed by atoms with Gasteiger partial charge in [-0.05, 0) is 49.6 Å². The molecule has 4 rings (SSSR count). The summed E-state index contributed by atoms with van der Waals surface area (Å²) in [6, 6.07) is 14.6. The largest absolute Gasteiger partial charge is 0.454 e. The van der Waals surface area contributed by atoms with Crippen molar-refractivity contribution in [1.29, 1.82) is 0 Å². The Morgan fingerprint density at radius 2 is 1.93 bits per heavy atom. The van der Waals surface area contributed by atoms with Gasteiger partial charge < -0.3 is 14.8 Å². The molecule has 142 valence electrons. The number of carbonyl (C=O) groups excluding carboxylic acids is 1. The van der Waals surface area contributed by atoms with Gasteiger partial charge in [-0.3, -0.25) is 9.69 Å². The Bertz CT molecular complexity index is 804. The van der Waals surface area contributed by atoms with E-state index >= 15 is 0 Å². The van der Waals surface area contributed by atoms with E-state index in [2.05, 4.69) is 41.4 Å². The summed E-state index contributed by atoms with van der Waals surface area (Å²) < 4.78 is 10.7. The zero-order valence-electron chi connectivity index (χ0n) is 15.7. The number of likely N-dealkylation sites (tertiary alicyclic amines) is 1. The lowest BCUT2D eigenvalue weighted by atomic mass is 10.0. The Hall–Kier alpha value is -2.53. The molecule has 0 aromatic heterocycles. The number of para-hydroxylation sites is 1. The molecule has 1 fully saturated rings. The molecule has 2 aromatic carbocycles. The molecule has 2 aliphatic rings. The van der Waals surface area contributed by atoms with Crippen molar-refractivity contribution in [3.63, 3.8) is 0 Å². The number of hydrogen-bond acceptors (Lipinski definition) is 4. The Morgan fingerprint density at radius 3 is 2.74 bits per heavy atom. The maximum absolute atomic E-state index is 12.5. The number of amides is 1. The molecule has 1 amide bonds. The van der Waals surface area contributed by atoms with Crippen molar-refractivity contribution >= 4 is 5.91 Å². The standard InChI is InChI=1S/C22H26N2O3/c1-16-5-2-3-12-24(16)14-18-10-8-17(9-11-18)13-23-22(25)19-6-4-7-20-21(19)27-15-26-20/h4,6-11,16H,2-3,5,12-15H2,1H3,(H,23,25). The van der Waals surface area contributed by atoms with Crippen LogP contribution in [0.2, 0.25) is 0 Å². The van der Waals surface area contributed by atoms with E-state index in [1.807, 2.05) is 0 Å². The van der Waals surface area contributed by atoms with Gasteiger partial charge in [0.1, 0.15) is 0 Å². The van der Waals surface area contributed by atoms with E-state index in [9.17, 15) is 4.79 Å². The smallest absolute Gasteiger partial charge is 0.255 e. The van der Waals surface area contributed by atoms with Crippen LogP contribution in [0.15, 0.2) is 42.5 Å². The second-order valence-corrected chi connectivity index (χ2v) is 7.35.